The average Bonchev–Trinajstić information content (AvgIpc) is 2.88. The van der Waals surface area contributed by atoms with Crippen LogP contribution in [0, 0.1) is 6.92 Å². The minimum atomic E-state index is -3.49. The van der Waals surface area contributed by atoms with Crippen LogP contribution in [0.5, 0.6) is 0 Å². The normalized spacial score (nSPS) is 13.3. The first-order chi connectivity index (χ1) is 9.42. The number of hydrogen-bond donors (Lipinski definition) is 2. The maximum atomic E-state index is 12.3. The van der Waals surface area contributed by atoms with E-state index in [1.807, 2.05) is 38.1 Å². The summed E-state index contributed by atoms with van der Waals surface area (Å²) in [6.07, 6.45) is 0. The molecule has 0 radical (unpaired) electrons. The largest absolute Gasteiger partial charge is 0.326 e. The molecule has 0 aliphatic rings. The van der Waals surface area contributed by atoms with Gasteiger partial charge >= 0.3 is 0 Å². The Balaban J connectivity index is 2.17. The van der Waals surface area contributed by atoms with Crippen molar-refractivity contribution in [1.29, 1.82) is 0 Å². The van der Waals surface area contributed by atoms with E-state index < -0.39 is 10.0 Å². The van der Waals surface area contributed by atoms with Crippen molar-refractivity contribution in [3.63, 3.8) is 0 Å². The quantitative estimate of drug-likeness (QED) is 0.891. The molecule has 0 spiro atoms. The molecule has 0 fully saturated rings. The number of hydrogen-bond acceptors (Lipinski definition) is 4. The second-order valence-electron chi connectivity index (χ2n) is 4.68. The Kier molecular flexibility index (Phi) is 4.59. The molecule has 0 bridgehead atoms. The number of nitrogens with one attached hydrogen (secondary N) is 1. The van der Waals surface area contributed by atoms with Crippen LogP contribution in [0.25, 0.3) is 0 Å². The molecule has 0 aliphatic carbocycles. The minimum absolute atomic E-state index is 0.274. The third-order valence-corrected chi connectivity index (χ3v) is 6.15. The number of aryl methyl sites for hydroxylation is 1. The van der Waals surface area contributed by atoms with Gasteiger partial charge in [0.05, 0.1) is 0 Å². The van der Waals surface area contributed by atoms with E-state index in [1.165, 1.54) is 11.3 Å². The van der Waals surface area contributed by atoms with Crippen LogP contribution in [-0.2, 0) is 16.6 Å². The number of benzene rings is 1. The predicted octanol–water partition coefficient (Wildman–Crippen LogP) is 2.55. The van der Waals surface area contributed by atoms with Crippen molar-refractivity contribution in [2.24, 2.45) is 5.73 Å². The summed E-state index contributed by atoms with van der Waals surface area (Å²) in [4.78, 5) is 0.855. The molecule has 20 heavy (non-hydrogen) atoms. The van der Waals surface area contributed by atoms with E-state index in [9.17, 15) is 8.42 Å². The highest BCUT2D eigenvalue weighted by molar-refractivity contribution is 7.91. The molecule has 1 unspecified atom stereocenters. The van der Waals surface area contributed by atoms with Gasteiger partial charge in [-0.3, -0.25) is 0 Å². The monoisotopic (exact) mass is 310 g/mol. The van der Waals surface area contributed by atoms with Crippen LogP contribution in [-0.4, -0.2) is 8.42 Å². The molecule has 1 atom stereocenters. The Labute approximate surface area is 123 Å². The van der Waals surface area contributed by atoms with Crippen LogP contribution in [0.2, 0.25) is 0 Å². The van der Waals surface area contributed by atoms with E-state index in [-0.39, 0.29) is 6.04 Å². The highest BCUT2D eigenvalue weighted by atomic mass is 32.2. The van der Waals surface area contributed by atoms with Crippen LogP contribution in [0.3, 0.4) is 0 Å². The van der Waals surface area contributed by atoms with Gasteiger partial charge in [-0.15, -0.1) is 11.3 Å². The predicted molar refractivity (Wildman–Crippen MR) is 82.1 cm³/mol. The molecule has 2 rings (SSSR count). The standard InChI is InChI=1S/C14H18N2O2S2/c1-10-3-5-12(6-4-10)11(2)16-20(17,18)14-8-7-13(9-15)19-14/h3-8,11,16H,9,15H2,1-2H3. The summed E-state index contributed by atoms with van der Waals surface area (Å²) >= 11 is 1.20. The second-order valence-corrected chi connectivity index (χ2v) is 7.79. The van der Waals surface area contributed by atoms with E-state index >= 15 is 0 Å². The van der Waals surface area contributed by atoms with Gasteiger partial charge in [0.1, 0.15) is 4.21 Å². The summed E-state index contributed by atoms with van der Waals surface area (Å²) in [7, 11) is -3.49. The Hall–Kier alpha value is -1.21. The van der Waals surface area contributed by atoms with Gasteiger partial charge < -0.3 is 5.73 Å². The van der Waals surface area contributed by atoms with Crippen LogP contribution in [0.15, 0.2) is 40.6 Å². The third-order valence-electron chi connectivity index (χ3n) is 3.01. The van der Waals surface area contributed by atoms with E-state index in [2.05, 4.69) is 4.72 Å². The Bertz CT molecular complexity index is 675. The van der Waals surface area contributed by atoms with Gasteiger partial charge in [-0.1, -0.05) is 29.8 Å². The van der Waals surface area contributed by atoms with Gasteiger partial charge in [0.15, 0.2) is 0 Å². The number of thiophene rings is 1. The van der Waals surface area contributed by atoms with Crippen LogP contribution >= 0.6 is 11.3 Å². The molecule has 4 nitrogen and oxygen atoms in total. The zero-order valence-corrected chi connectivity index (χ0v) is 13.1. The molecule has 6 heteroatoms. The van der Waals surface area contributed by atoms with Gasteiger partial charge in [-0.25, -0.2) is 13.1 Å². The lowest BCUT2D eigenvalue weighted by Gasteiger charge is -2.14. The molecule has 1 heterocycles. The molecular formula is C14H18N2O2S2. The lowest BCUT2D eigenvalue weighted by molar-refractivity contribution is 0.569. The van der Waals surface area contributed by atoms with E-state index in [4.69, 9.17) is 5.73 Å². The summed E-state index contributed by atoms with van der Waals surface area (Å²) in [6.45, 7) is 4.19. The zero-order chi connectivity index (χ0) is 14.8. The summed E-state index contributed by atoms with van der Waals surface area (Å²) in [5.41, 5.74) is 7.60. The molecule has 108 valence electrons. The summed E-state index contributed by atoms with van der Waals surface area (Å²) in [6, 6.07) is 10.9. The molecule has 0 saturated heterocycles. The maximum absolute atomic E-state index is 12.3. The van der Waals surface area contributed by atoms with Crippen LogP contribution < -0.4 is 10.5 Å². The van der Waals surface area contributed by atoms with Crippen molar-refractivity contribution in [3.05, 3.63) is 52.4 Å². The Morgan fingerprint density at radius 2 is 1.85 bits per heavy atom. The van der Waals surface area contributed by atoms with Gasteiger partial charge in [0, 0.05) is 17.5 Å². The van der Waals surface area contributed by atoms with E-state index in [0.29, 0.717) is 10.8 Å². The fraction of sp³-hybridized carbons (Fsp3) is 0.286. The van der Waals surface area contributed by atoms with Crippen molar-refractivity contribution in [2.75, 3.05) is 0 Å². The fourth-order valence-corrected chi connectivity index (χ4v) is 4.31. The van der Waals surface area contributed by atoms with Crippen molar-refractivity contribution in [3.8, 4) is 0 Å². The smallest absolute Gasteiger partial charge is 0.250 e. The van der Waals surface area contributed by atoms with Crippen molar-refractivity contribution in [1.82, 2.24) is 4.72 Å². The Morgan fingerprint density at radius 3 is 2.40 bits per heavy atom. The number of rotatable bonds is 5. The topological polar surface area (TPSA) is 72.2 Å². The van der Waals surface area contributed by atoms with Gasteiger partial charge in [0.25, 0.3) is 10.0 Å². The molecule has 0 amide bonds. The van der Waals surface area contributed by atoms with Gasteiger partial charge in [0.2, 0.25) is 0 Å². The maximum Gasteiger partial charge on any atom is 0.250 e. The Morgan fingerprint density at radius 1 is 1.20 bits per heavy atom. The summed E-state index contributed by atoms with van der Waals surface area (Å²) in [5.74, 6) is 0. The first-order valence-corrected chi connectivity index (χ1v) is 8.60. The van der Waals surface area contributed by atoms with Crippen molar-refractivity contribution < 1.29 is 8.42 Å². The van der Waals surface area contributed by atoms with Gasteiger partial charge in [-0.05, 0) is 31.5 Å². The zero-order valence-electron chi connectivity index (χ0n) is 11.5. The average molecular weight is 310 g/mol. The van der Waals surface area contributed by atoms with Gasteiger partial charge in [-0.2, -0.15) is 0 Å². The molecule has 1 aromatic heterocycles. The highest BCUT2D eigenvalue weighted by Crippen LogP contribution is 2.23. The van der Waals surface area contributed by atoms with Crippen LogP contribution in [0.1, 0.15) is 29.0 Å². The summed E-state index contributed by atoms with van der Waals surface area (Å²) < 4.78 is 27.5. The van der Waals surface area contributed by atoms with Crippen molar-refractivity contribution >= 4 is 21.4 Å². The number of sulfonamides is 1. The second kappa shape index (κ2) is 6.05. The molecule has 1 aromatic carbocycles. The fourth-order valence-electron chi connectivity index (χ4n) is 1.83. The van der Waals surface area contributed by atoms with Crippen LogP contribution in [0.4, 0.5) is 0 Å². The third kappa shape index (κ3) is 3.46. The van der Waals surface area contributed by atoms with E-state index in [1.54, 1.807) is 12.1 Å². The molecule has 0 saturated carbocycles. The summed E-state index contributed by atoms with van der Waals surface area (Å²) in [5, 5.41) is 0. The van der Waals surface area contributed by atoms with Crippen molar-refractivity contribution in [2.45, 2.75) is 30.6 Å². The first kappa shape index (κ1) is 15.2. The highest BCUT2D eigenvalue weighted by Gasteiger charge is 2.20. The number of nitrogens with two attached hydrogens (primary N) is 1. The lowest BCUT2D eigenvalue weighted by atomic mass is 10.1. The molecule has 3 N–H and O–H groups in total. The molecular weight excluding hydrogens is 292 g/mol. The van der Waals surface area contributed by atoms with E-state index in [0.717, 1.165) is 16.0 Å². The lowest BCUT2D eigenvalue weighted by Crippen LogP contribution is -2.26. The first-order valence-electron chi connectivity index (χ1n) is 6.30. The minimum Gasteiger partial charge on any atom is -0.326 e. The molecule has 0 aliphatic heterocycles. The molecule has 2 aromatic rings. The SMILES string of the molecule is Cc1ccc(C(C)NS(=O)(=O)c2ccc(CN)s2)cc1.